The van der Waals surface area contributed by atoms with Gasteiger partial charge in [0.05, 0.1) is 11.0 Å². The SMILES string of the molecule is Cc1ccc(Cn2c(/C=C/c3ccc(Cl)cc3)nc3ccccc32)cc1. The predicted octanol–water partition coefficient (Wildman–Crippen LogP) is 6.22. The van der Waals surface area contributed by atoms with E-state index in [2.05, 4.69) is 66.1 Å². The van der Waals surface area contributed by atoms with Crippen LogP contribution in [0.5, 0.6) is 0 Å². The predicted molar refractivity (Wildman–Crippen MR) is 110 cm³/mol. The first-order valence-corrected chi connectivity index (χ1v) is 9.01. The van der Waals surface area contributed by atoms with E-state index in [0.29, 0.717) is 0 Å². The number of halogens is 1. The number of hydrogen-bond donors (Lipinski definition) is 0. The molecule has 4 aromatic rings. The molecule has 0 aliphatic rings. The van der Waals surface area contributed by atoms with E-state index in [1.807, 2.05) is 30.3 Å². The molecular weight excluding hydrogens is 340 g/mol. The van der Waals surface area contributed by atoms with Crippen molar-refractivity contribution in [2.75, 3.05) is 0 Å². The number of para-hydroxylation sites is 2. The van der Waals surface area contributed by atoms with Crippen LogP contribution >= 0.6 is 11.6 Å². The van der Waals surface area contributed by atoms with Crippen molar-refractivity contribution < 1.29 is 0 Å². The van der Waals surface area contributed by atoms with Gasteiger partial charge in [-0.2, -0.15) is 0 Å². The maximum Gasteiger partial charge on any atom is 0.134 e. The Morgan fingerprint density at radius 1 is 0.885 bits per heavy atom. The molecule has 26 heavy (non-hydrogen) atoms. The molecule has 0 saturated carbocycles. The van der Waals surface area contributed by atoms with Gasteiger partial charge in [0.2, 0.25) is 0 Å². The molecule has 1 aromatic heterocycles. The lowest BCUT2D eigenvalue weighted by atomic mass is 10.1. The van der Waals surface area contributed by atoms with Crippen molar-refractivity contribution in [3.8, 4) is 0 Å². The average molecular weight is 359 g/mol. The van der Waals surface area contributed by atoms with E-state index in [1.165, 1.54) is 11.1 Å². The van der Waals surface area contributed by atoms with Gasteiger partial charge in [-0.3, -0.25) is 0 Å². The van der Waals surface area contributed by atoms with Crippen LogP contribution in [0.3, 0.4) is 0 Å². The minimum Gasteiger partial charge on any atom is -0.320 e. The number of hydrogen-bond acceptors (Lipinski definition) is 1. The largest absolute Gasteiger partial charge is 0.320 e. The van der Waals surface area contributed by atoms with E-state index in [0.717, 1.165) is 34.0 Å². The monoisotopic (exact) mass is 358 g/mol. The second-order valence-corrected chi connectivity index (χ2v) is 6.85. The average Bonchev–Trinajstić information content (AvgIpc) is 3.01. The summed E-state index contributed by atoms with van der Waals surface area (Å²) in [6.07, 6.45) is 4.14. The highest BCUT2D eigenvalue weighted by Crippen LogP contribution is 2.20. The van der Waals surface area contributed by atoms with E-state index < -0.39 is 0 Å². The van der Waals surface area contributed by atoms with Crippen molar-refractivity contribution in [1.29, 1.82) is 0 Å². The Bertz CT molecular complexity index is 1060. The summed E-state index contributed by atoms with van der Waals surface area (Å²) in [5.41, 5.74) is 5.79. The normalized spacial score (nSPS) is 11.5. The van der Waals surface area contributed by atoms with Crippen LogP contribution in [0.1, 0.15) is 22.5 Å². The van der Waals surface area contributed by atoms with Crippen LogP contribution in [0, 0.1) is 6.92 Å². The molecule has 4 rings (SSSR count). The van der Waals surface area contributed by atoms with Crippen LogP contribution in [0.25, 0.3) is 23.2 Å². The molecular formula is C23H19ClN2. The van der Waals surface area contributed by atoms with Crippen molar-refractivity contribution in [2.45, 2.75) is 13.5 Å². The van der Waals surface area contributed by atoms with Gasteiger partial charge in [0.15, 0.2) is 0 Å². The lowest BCUT2D eigenvalue weighted by Crippen LogP contribution is -2.02. The zero-order valence-corrected chi connectivity index (χ0v) is 15.3. The summed E-state index contributed by atoms with van der Waals surface area (Å²) < 4.78 is 2.26. The first-order valence-electron chi connectivity index (χ1n) is 8.63. The second kappa shape index (κ2) is 7.19. The molecule has 128 valence electrons. The molecule has 0 amide bonds. The van der Waals surface area contributed by atoms with Crippen molar-refractivity contribution in [3.63, 3.8) is 0 Å². The van der Waals surface area contributed by atoms with Gasteiger partial charge in [-0.25, -0.2) is 4.98 Å². The number of aromatic nitrogens is 2. The maximum atomic E-state index is 5.97. The Balaban J connectivity index is 1.73. The highest BCUT2D eigenvalue weighted by Gasteiger charge is 2.08. The quantitative estimate of drug-likeness (QED) is 0.423. The Morgan fingerprint density at radius 3 is 2.38 bits per heavy atom. The summed E-state index contributed by atoms with van der Waals surface area (Å²) in [6.45, 7) is 2.90. The molecule has 0 fully saturated rings. The molecule has 3 heteroatoms. The lowest BCUT2D eigenvalue weighted by molar-refractivity contribution is 0.813. The van der Waals surface area contributed by atoms with Crippen LogP contribution in [-0.2, 0) is 6.54 Å². The summed E-state index contributed by atoms with van der Waals surface area (Å²) in [5, 5.41) is 0.744. The zero-order valence-electron chi connectivity index (χ0n) is 14.6. The van der Waals surface area contributed by atoms with Crippen LogP contribution < -0.4 is 0 Å². The summed E-state index contributed by atoms with van der Waals surface area (Å²) in [4.78, 5) is 4.81. The smallest absolute Gasteiger partial charge is 0.134 e. The Morgan fingerprint density at radius 2 is 1.62 bits per heavy atom. The summed E-state index contributed by atoms with van der Waals surface area (Å²) in [5.74, 6) is 0.946. The van der Waals surface area contributed by atoms with Gasteiger partial charge in [-0.15, -0.1) is 0 Å². The van der Waals surface area contributed by atoms with Crippen molar-refractivity contribution in [2.24, 2.45) is 0 Å². The molecule has 0 saturated heterocycles. The third-order valence-corrected chi connectivity index (χ3v) is 4.69. The number of benzene rings is 3. The first-order chi connectivity index (χ1) is 12.7. The summed E-state index contributed by atoms with van der Waals surface area (Å²) in [7, 11) is 0. The molecule has 0 bridgehead atoms. The van der Waals surface area contributed by atoms with Crippen LogP contribution in [0.15, 0.2) is 72.8 Å². The van der Waals surface area contributed by atoms with Crippen LogP contribution in [-0.4, -0.2) is 9.55 Å². The number of rotatable bonds is 4. The third-order valence-electron chi connectivity index (χ3n) is 4.44. The van der Waals surface area contributed by atoms with Gasteiger partial charge in [-0.05, 0) is 48.4 Å². The number of nitrogens with zero attached hydrogens (tertiary/aromatic N) is 2. The van der Waals surface area contributed by atoms with E-state index >= 15 is 0 Å². The standard InChI is InChI=1S/C23H19ClN2/c1-17-6-8-19(9-7-17)16-26-22-5-3-2-4-21(22)25-23(26)15-12-18-10-13-20(24)14-11-18/h2-15H,16H2,1H3/b15-12+. The van der Waals surface area contributed by atoms with Crippen molar-refractivity contribution in [3.05, 3.63) is 100 Å². The Kier molecular flexibility index (Phi) is 4.59. The third kappa shape index (κ3) is 3.56. The number of imidazole rings is 1. The number of aryl methyl sites for hydroxylation is 1. The molecule has 0 aliphatic heterocycles. The molecule has 0 N–H and O–H groups in total. The highest BCUT2D eigenvalue weighted by molar-refractivity contribution is 6.30. The van der Waals surface area contributed by atoms with Crippen LogP contribution in [0.2, 0.25) is 5.02 Å². The van der Waals surface area contributed by atoms with Crippen LogP contribution in [0.4, 0.5) is 0 Å². The maximum absolute atomic E-state index is 5.97. The summed E-state index contributed by atoms with van der Waals surface area (Å²) >= 11 is 5.97. The number of fused-ring (bicyclic) bond motifs is 1. The van der Waals surface area contributed by atoms with Gasteiger partial charge < -0.3 is 4.57 Å². The molecule has 0 aliphatic carbocycles. The van der Waals surface area contributed by atoms with Gasteiger partial charge >= 0.3 is 0 Å². The van der Waals surface area contributed by atoms with E-state index in [1.54, 1.807) is 0 Å². The van der Waals surface area contributed by atoms with E-state index in [4.69, 9.17) is 16.6 Å². The topological polar surface area (TPSA) is 17.8 Å². The van der Waals surface area contributed by atoms with Crippen molar-refractivity contribution in [1.82, 2.24) is 9.55 Å². The van der Waals surface area contributed by atoms with E-state index in [-0.39, 0.29) is 0 Å². The van der Waals surface area contributed by atoms with Gasteiger partial charge in [0, 0.05) is 11.6 Å². The molecule has 0 unspecified atom stereocenters. The minimum absolute atomic E-state index is 0.744. The van der Waals surface area contributed by atoms with E-state index in [9.17, 15) is 0 Å². The van der Waals surface area contributed by atoms with Gasteiger partial charge in [0.25, 0.3) is 0 Å². The molecule has 3 aromatic carbocycles. The van der Waals surface area contributed by atoms with Gasteiger partial charge in [-0.1, -0.05) is 71.8 Å². The fourth-order valence-electron chi connectivity index (χ4n) is 3.01. The second-order valence-electron chi connectivity index (χ2n) is 6.42. The Labute approximate surface area is 158 Å². The molecule has 1 heterocycles. The highest BCUT2D eigenvalue weighted by atomic mass is 35.5. The van der Waals surface area contributed by atoms with Gasteiger partial charge in [0.1, 0.15) is 5.82 Å². The first kappa shape index (κ1) is 16.6. The minimum atomic E-state index is 0.744. The fraction of sp³-hybridized carbons (Fsp3) is 0.0870. The molecule has 2 nitrogen and oxygen atoms in total. The van der Waals surface area contributed by atoms with Crippen molar-refractivity contribution >= 4 is 34.8 Å². The summed E-state index contributed by atoms with van der Waals surface area (Å²) in [6, 6.07) is 24.7. The zero-order chi connectivity index (χ0) is 17.9. The molecule has 0 spiro atoms. The Hall–Kier alpha value is -2.84. The lowest BCUT2D eigenvalue weighted by Gasteiger charge is -2.08. The fourth-order valence-corrected chi connectivity index (χ4v) is 3.13. The molecule has 0 radical (unpaired) electrons. The molecule has 0 atom stereocenters.